The molecule has 3 unspecified atom stereocenters. The van der Waals surface area contributed by atoms with Crippen molar-refractivity contribution in [2.75, 3.05) is 11.9 Å². The molecule has 4 nitrogen and oxygen atoms in total. The average molecular weight is 286 g/mol. The van der Waals surface area contributed by atoms with E-state index in [0.29, 0.717) is 0 Å². The third-order valence-corrected chi connectivity index (χ3v) is 3.47. The first kappa shape index (κ1) is 11.8. The molecule has 1 aromatic rings. The Labute approximate surface area is 104 Å². The summed E-state index contributed by atoms with van der Waals surface area (Å²) in [6, 6.07) is 2.29. The van der Waals surface area contributed by atoms with E-state index in [1.807, 2.05) is 13.0 Å². The van der Waals surface area contributed by atoms with E-state index >= 15 is 0 Å². The predicted octanol–water partition coefficient (Wildman–Crippen LogP) is 1.76. The Hall–Kier alpha value is -0.650. The van der Waals surface area contributed by atoms with Gasteiger partial charge in [-0.05, 0) is 35.3 Å². The molecule has 2 rings (SSSR count). The van der Waals surface area contributed by atoms with Crippen LogP contribution in [0.15, 0.2) is 22.9 Å². The summed E-state index contributed by atoms with van der Waals surface area (Å²) in [5.74, 6) is 0. The normalized spacial score (nSPS) is 28.6. The van der Waals surface area contributed by atoms with Crippen molar-refractivity contribution in [2.24, 2.45) is 5.73 Å². The monoisotopic (exact) mass is 285 g/mol. The van der Waals surface area contributed by atoms with Gasteiger partial charge in [-0.25, -0.2) is 0 Å². The van der Waals surface area contributed by atoms with Crippen LogP contribution in [0, 0.1) is 0 Å². The molecule has 0 bridgehead atoms. The van der Waals surface area contributed by atoms with Crippen molar-refractivity contribution < 1.29 is 4.74 Å². The lowest BCUT2D eigenvalue weighted by atomic mass is 9.83. The van der Waals surface area contributed by atoms with Crippen LogP contribution in [-0.2, 0) is 4.74 Å². The molecule has 0 spiro atoms. The second-order valence-electron chi connectivity index (χ2n) is 3.92. The van der Waals surface area contributed by atoms with Crippen molar-refractivity contribution >= 4 is 21.6 Å². The molecule has 1 fully saturated rings. The van der Waals surface area contributed by atoms with Crippen molar-refractivity contribution in [1.29, 1.82) is 0 Å². The predicted molar refractivity (Wildman–Crippen MR) is 67.4 cm³/mol. The quantitative estimate of drug-likeness (QED) is 0.885. The minimum Gasteiger partial charge on any atom is -0.377 e. The molecule has 3 atom stereocenters. The highest BCUT2D eigenvalue weighted by Crippen LogP contribution is 2.29. The maximum atomic E-state index is 5.97. The van der Waals surface area contributed by atoms with Crippen molar-refractivity contribution in [3.8, 4) is 0 Å². The van der Waals surface area contributed by atoms with E-state index in [-0.39, 0.29) is 18.2 Å². The van der Waals surface area contributed by atoms with Gasteiger partial charge < -0.3 is 15.8 Å². The van der Waals surface area contributed by atoms with E-state index in [1.54, 1.807) is 12.4 Å². The van der Waals surface area contributed by atoms with Gasteiger partial charge >= 0.3 is 0 Å². The van der Waals surface area contributed by atoms with Crippen LogP contribution >= 0.6 is 15.9 Å². The van der Waals surface area contributed by atoms with Crippen LogP contribution in [0.3, 0.4) is 0 Å². The molecular formula is C11H16BrN3O. The molecular weight excluding hydrogens is 270 g/mol. The summed E-state index contributed by atoms with van der Waals surface area (Å²) < 4.78 is 6.55. The van der Waals surface area contributed by atoms with Crippen LogP contribution < -0.4 is 11.1 Å². The number of aromatic nitrogens is 1. The third-order valence-electron chi connectivity index (χ3n) is 2.84. The van der Waals surface area contributed by atoms with Crippen LogP contribution in [0.25, 0.3) is 0 Å². The lowest BCUT2D eigenvalue weighted by Gasteiger charge is -2.43. The fourth-order valence-corrected chi connectivity index (χ4v) is 2.26. The number of anilines is 1. The Morgan fingerprint density at radius 1 is 1.69 bits per heavy atom. The van der Waals surface area contributed by atoms with Crippen molar-refractivity contribution in [3.05, 3.63) is 22.9 Å². The Morgan fingerprint density at radius 3 is 3.12 bits per heavy atom. The summed E-state index contributed by atoms with van der Waals surface area (Å²) in [5, 5.41) is 3.39. The summed E-state index contributed by atoms with van der Waals surface area (Å²) in [6.07, 6.45) is 4.67. The molecule has 5 heteroatoms. The van der Waals surface area contributed by atoms with Gasteiger partial charge in [-0.3, -0.25) is 4.98 Å². The standard InChI is InChI=1S/C11H16BrN3O/c1-2-16-10-5-8(13)11(10)15-9-3-4-14-6-7(9)12/h3-4,6,8,10-11H,2,5,13H2,1H3,(H,14,15). The molecule has 0 amide bonds. The molecule has 88 valence electrons. The average Bonchev–Trinajstić information content (AvgIpc) is 2.28. The van der Waals surface area contributed by atoms with Gasteiger partial charge in [0.05, 0.1) is 22.3 Å². The van der Waals surface area contributed by atoms with Crippen molar-refractivity contribution in [3.63, 3.8) is 0 Å². The maximum Gasteiger partial charge on any atom is 0.0806 e. The Bertz CT molecular complexity index is 359. The minimum absolute atomic E-state index is 0.164. The molecule has 0 radical (unpaired) electrons. The van der Waals surface area contributed by atoms with Crippen LogP contribution in [0.5, 0.6) is 0 Å². The highest BCUT2D eigenvalue weighted by Gasteiger charge is 2.39. The number of pyridine rings is 1. The zero-order valence-electron chi connectivity index (χ0n) is 9.19. The van der Waals surface area contributed by atoms with Gasteiger partial charge in [0, 0.05) is 25.0 Å². The van der Waals surface area contributed by atoms with Crippen LogP contribution in [0.2, 0.25) is 0 Å². The van der Waals surface area contributed by atoms with Gasteiger partial charge in [0.1, 0.15) is 0 Å². The summed E-state index contributed by atoms with van der Waals surface area (Å²) >= 11 is 3.45. The zero-order chi connectivity index (χ0) is 11.5. The molecule has 3 N–H and O–H groups in total. The summed E-state index contributed by atoms with van der Waals surface area (Å²) in [5.41, 5.74) is 6.98. The van der Waals surface area contributed by atoms with Crippen molar-refractivity contribution in [1.82, 2.24) is 4.98 Å². The number of rotatable bonds is 4. The van der Waals surface area contributed by atoms with Crippen LogP contribution in [-0.4, -0.2) is 29.8 Å². The molecule has 1 heterocycles. The number of hydrogen-bond donors (Lipinski definition) is 2. The van der Waals surface area contributed by atoms with Crippen molar-refractivity contribution in [2.45, 2.75) is 31.5 Å². The number of ether oxygens (including phenoxy) is 1. The van der Waals surface area contributed by atoms with Crippen LogP contribution in [0.1, 0.15) is 13.3 Å². The number of hydrogen-bond acceptors (Lipinski definition) is 4. The lowest BCUT2D eigenvalue weighted by Crippen LogP contribution is -2.60. The topological polar surface area (TPSA) is 60.2 Å². The van der Waals surface area contributed by atoms with E-state index in [9.17, 15) is 0 Å². The van der Waals surface area contributed by atoms with Crippen LogP contribution in [0.4, 0.5) is 5.69 Å². The van der Waals surface area contributed by atoms with Gasteiger partial charge in [0.2, 0.25) is 0 Å². The fraction of sp³-hybridized carbons (Fsp3) is 0.545. The first-order valence-corrected chi connectivity index (χ1v) is 6.25. The first-order valence-electron chi connectivity index (χ1n) is 5.45. The molecule has 16 heavy (non-hydrogen) atoms. The number of nitrogens with one attached hydrogen (secondary N) is 1. The smallest absolute Gasteiger partial charge is 0.0806 e. The van der Waals surface area contributed by atoms with E-state index in [4.69, 9.17) is 10.5 Å². The van der Waals surface area contributed by atoms with Gasteiger partial charge in [-0.2, -0.15) is 0 Å². The molecule has 1 saturated carbocycles. The van der Waals surface area contributed by atoms with E-state index in [1.165, 1.54) is 0 Å². The first-order chi connectivity index (χ1) is 7.72. The lowest BCUT2D eigenvalue weighted by molar-refractivity contribution is -0.0126. The van der Waals surface area contributed by atoms with Gasteiger partial charge in [-0.1, -0.05) is 0 Å². The second kappa shape index (κ2) is 5.12. The molecule has 0 aromatic carbocycles. The summed E-state index contributed by atoms with van der Waals surface area (Å²) in [4.78, 5) is 4.02. The summed E-state index contributed by atoms with van der Waals surface area (Å²) in [7, 11) is 0. The zero-order valence-corrected chi connectivity index (χ0v) is 10.8. The molecule has 0 saturated heterocycles. The van der Waals surface area contributed by atoms with Gasteiger partial charge in [-0.15, -0.1) is 0 Å². The van der Waals surface area contributed by atoms with E-state index in [2.05, 4.69) is 26.2 Å². The van der Waals surface area contributed by atoms with E-state index in [0.717, 1.165) is 23.2 Å². The molecule has 1 aliphatic rings. The Kier molecular flexibility index (Phi) is 3.78. The number of nitrogens with zero attached hydrogens (tertiary/aromatic N) is 1. The van der Waals surface area contributed by atoms with E-state index < -0.39 is 0 Å². The highest BCUT2D eigenvalue weighted by molar-refractivity contribution is 9.10. The largest absolute Gasteiger partial charge is 0.377 e. The molecule has 0 aliphatic heterocycles. The second-order valence-corrected chi connectivity index (χ2v) is 4.77. The number of nitrogens with two attached hydrogens (primary N) is 1. The number of halogens is 1. The fourth-order valence-electron chi connectivity index (χ4n) is 1.90. The Morgan fingerprint density at radius 2 is 2.50 bits per heavy atom. The molecule has 1 aliphatic carbocycles. The maximum absolute atomic E-state index is 5.97. The van der Waals surface area contributed by atoms with Gasteiger partial charge in [0.15, 0.2) is 0 Å². The minimum atomic E-state index is 0.164. The Balaban J connectivity index is 2.01. The summed E-state index contributed by atoms with van der Waals surface area (Å²) in [6.45, 7) is 2.73. The SMILES string of the molecule is CCOC1CC(N)C1Nc1ccncc1Br. The van der Waals surface area contributed by atoms with Gasteiger partial charge in [0.25, 0.3) is 0 Å². The highest BCUT2D eigenvalue weighted by atomic mass is 79.9. The third kappa shape index (κ3) is 2.36. The molecule has 1 aromatic heterocycles.